The summed E-state index contributed by atoms with van der Waals surface area (Å²) < 4.78 is 9.47. The maximum absolute atomic E-state index is 11.8. The van der Waals surface area contributed by atoms with Gasteiger partial charge in [0.2, 0.25) is 0 Å². The highest BCUT2D eigenvalue weighted by molar-refractivity contribution is 6.14. The van der Waals surface area contributed by atoms with E-state index in [2.05, 4.69) is 11.3 Å². The number of fused-ring (bicyclic) bond motifs is 2. The van der Waals surface area contributed by atoms with Crippen molar-refractivity contribution in [1.29, 1.82) is 0 Å². The van der Waals surface area contributed by atoms with E-state index >= 15 is 0 Å². The number of ether oxygens (including phenoxy) is 2. The first-order valence-electron chi connectivity index (χ1n) is 7.09. The molecule has 2 heterocycles. The van der Waals surface area contributed by atoms with Crippen LogP contribution in [0.25, 0.3) is 5.76 Å². The molecule has 0 radical (unpaired) electrons. The lowest BCUT2D eigenvalue weighted by atomic mass is 9.95. The molecule has 1 atom stereocenters. The Labute approximate surface area is 135 Å². The summed E-state index contributed by atoms with van der Waals surface area (Å²) in [5.41, 5.74) is 2.06. The zero-order chi connectivity index (χ0) is 17.0. The molecule has 2 aromatic rings. The average Bonchev–Trinajstić information content (AvgIpc) is 3.02. The normalized spacial score (nSPS) is 16.5. The molecular formula is C18H10O6. The lowest BCUT2D eigenvalue weighted by Crippen LogP contribution is -2.04. The number of carbonyl (C=O) groups excluding carboxylic acids is 3. The van der Waals surface area contributed by atoms with Crippen molar-refractivity contribution in [2.24, 2.45) is 0 Å². The molecule has 0 aromatic heterocycles. The highest BCUT2D eigenvalue weighted by atomic mass is 16.6. The van der Waals surface area contributed by atoms with E-state index in [4.69, 9.17) is 4.74 Å². The Balaban J connectivity index is 1.74. The molecule has 6 heteroatoms. The van der Waals surface area contributed by atoms with Gasteiger partial charge in [-0.25, -0.2) is 14.4 Å². The molecule has 2 aromatic carbocycles. The second-order valence-corrected chi connectivity index (χ2v) is 5.50. The van der Waals surface area contributed by atoms with Crippen molar-refractivity contribution in [1.82, 2.24) is 0 Å². The number of rotatable bonds is 2. The van der Waals surface area contributed by atoms with Crippen molar-refractivity contribution in [2.45, 2.75) is 6.10 Å². The molecule has 1 unspecified atom stereocenters. The topological polar surface area (TPSA) is 89.9 Å². The van der Waals surface area contributed by atoms with E-state index in [9.17, 15) is 19.5 Å². The van der Waals surface area contributed by atoms with Crippen LogP contribution in [0, 0.1) is 0 Å². The first-order chi connectivity index (χ1) is 11.5. The van der Waals surface area contributed by atoms with Gasteiger partial charge in [0.15, 0.2) is 0 Å². The molecule has 0 spiro atoms. The van der Waals surface area contributed by atoms with Gasteiger partial charge in [0.25, 0.3) is 0 Å². The lowest BCUT2D eigenvalue weighted by Gasteiger charge is -2.12. The number of benzene rings is 2. The van der Waals surface area contributed by atoms with Crippen LogP contribution in [0.15, 0.2) is 43.0 Å². The summed E-state index contributed by atoms with van der Waals surface area (Å²) >= 11 is 0. The largest absolute Gasteiger partial charge is 0.423 e. The fourth-order valence-corrected chi connectivity index (χ4v) is 2.83. The van der Waals surface area contributed by atoms with E-state index in [0.717, 1.165) is 0 Å². The molecule has 0 fully saturated rings. The Morgan fingerprint density at radius 3 is 1.92 bits per heavy atom. The number of esters is 3. The Kier molecular flexibility index (Phi) is 2.91. The third kappa shape index (κ3) is 1.97. The number of aliphatic hydroxyl groups is 1. The molecule has 0 saturated carbocycles. The first-order valence-corrected chi connectivity index (χ1v) is 7.09. The second-order valence-electron chi connectivity index (χ2n) is 5.50. The van der Waals surface area contributed by atoms with E-state index in [1.807, 2.05) is 0 Å². The van der Waals surface area contributed by atoms with Crippen molar-refractivity contribution in [2.75, 3.05) is 0 Å². The summed E-state index contributed by atoms with van der Waals surface area (Å²) in [5, 5.41) is 10.5. The summed E-state index contributed by atoms with van der Waals surface area (Å²) in [4.78, 5) is 34.8. The number of cyclic esters (lactones) is 3. The zero-order valence-electron chi connectivity index (χ0n) is 12.2. The molecule has 0 amide bonds. The summed E-state index contributed by atoms with van der Waals surface area (Å²) in [6, 6.07) is 9.20. The summed E-state index contributed by atoms with van der Waals surface area (Å²) in [6.07, 6.45) is -1.08. The van der Waals surface area contributed by atoms with Gasteiger partial charge in [0.05, 0.1) is 16.7 Å². The van der Waals surface area contributed by atoms with Crippen LogP contribution >= 0.6 is 0 Å². The van der Waals surface area contributed by atoms with Gasteiger partial charge in [-0.2, -0.15) is 0 Å². The molecule has 0 bridgehead atoms. The standard InChI is InChI=1S/C18H10O6/c1-8-11-4-2-9(6-13(11)17(21)23-8)15(19)10-3-5-12-14(7-10)18(22)24-16(12)20/h2-7,15,19H,1H2. The van der Waals surface area contributed by atoms with E-state index in [1.165, 1.54) is 24.3 Å². The Morgan fingerprint density at radius 2 is 1.25 bits per heavy atom. The SMILES string of the molecule is C=C1OC(=O)c2cc(C(O)c3ccc4c(c3)C(=O)OC4=O)ccc21. The van der Waals surface area contributed by atoms with Crippen molar-refractivity contribution < 1.29 is 29.0 Å². The average molecular weight is 322 g/mol. The van der Waals surface area contributed by atoms with Crippen molar-refractivity contribution >= 4 is 23.7 Å². The highest BCUT2D eigenvalue weighted by Crippen LogP contribution is 2.33. The number of hydrogen-bond donors (Lipinski definition) is 1. The van der Waals surface area contributed by atoms with Crippen LogP contribution in [-0.2, 0) is 9.47 Å². The van der Waals surface area contributed by atoms with Crippen LogP contribution in [0.4, 0.5) is 0 Å². The molecular weight excluding hydrogens is 312 g/mol. The van der Waals surface area contributed by atoms with Gasteiger partial charge in [-0.3, -0.25) is 0 Å². The predicted octanol–water partition coefficient (Wildman–Crippen LogP) is 2.22. The molecule has 24 heavy (non-hydrogen) atoms. The van der Waals surface area contributed by atoms with Crippen LogP contribution in [0.1, 0.15) is 53.9 Å². The van der Waals surface area contributed by atoms with Crippen molar-refractivity contribution in [3.8, 4) is 0 Å². The quantitative estimate of drug-likeness (QED) is 0.673. The van der Waals surface area contributed by atoms with Gasteiger partial charge in [0.1, 0.15) is 11.9 Å². The summed E-state index contributed by atoms with van der Waals surface area (Å²) in [5.74, 6) is -1.69. The first kappa shape index (κ1) is 14.3. The highest BCUT2D eigenvalue weighted by Gasteiger charge is 2.31. The summed E-state index contributed by atoms with van der Waals surface area (Å²) in [7, 11) is 0. The molecule has 0 aliphatic carbocycles. The molecule has 2 aliphatic heterocycles. The Bertz CT molecular complexity index is 878. The molecule has 6 nitrogen and oxygen atoms in total. The van der Waals surface area contributed by atoms with Crippen LogP contribution in [0.5, 0.6) is 0 Å². The van der Waals surface area contributed by atoms with Gasteiger partial charge >= 0.3 is 17.9 Å². The molecule has 2 aliphatic rings. The van der Waals surface area contributed by atoms with Gasteiger partial charge in [0, 0.05) is 5.56 Å². The molecule has 4 rings (SSSR count). The van der Waals surface area contributed by atoms with Gasteiger partial charge in [-0.05, 0) is 35.4 Å². The molecule has 0 saturated heterocycles. The van der Waals surface area contributed by atoms with Gasteiger partial charge in [-0.15, -0.1) is 0 Å². The fraction of sp³-hybridized carbons (Fsp3) is 0.0556. The fourth-order valence-electron chi connectivity index (χ4n) is 2.83. The van der Waals surface area contributed by atoms with E-state index in [-0.39, 0.29) is 16.9 Å². The smallest absolute Gasteiger partial charge is 0.346 e. The number of aliphatic hydroxyl groups excluding tert-OH is 1. The van der Waals surface area contributed by atoms with E-state index in [0.29, 0.717) is 22.3 Å². The third-order valence-electron chi connectivity index (χ3n) is 4.08. The lowest BCUT2D eigenvalue weighted by molar-refractivity contribution is 0.0443. The van der Waals surface area contributed by atoms with E-state index in [1.54, 1.807) is 12.1 Å². The molecule has 1 N–H and O–H groups in total. The minimum absolute atomic E-state index is 0.116. The van der Waals surface area contributed by atoms with Gasteiger partial charge in [-0.1, -0.05) is 18.7 Å². The number of hydrogen-bond acceptors (Lipinski definition) is 6. The maximum Gasteiger partial charge on any atom is 0.346 e. The zero-order valence-corrected chi connectivity index (χ0v) is 12.2. The number of carbonyl (C=O) groups is 3. The predicted molar refractivity (Wildman–Crippen MR) is 81.1 cm³/mol. The van der Waals surface area contributed by atoms with Crippen LogP contribution in [-0.4, -0.2) is 23.0 Å². The minimum atomic E-state index is -1.08. The molecule has 118 valence electrons. The second kappa shape index (κ2) is 4.87. The van der Waals surface area contributed by atoms with Crippen LogP contribution in [0.3, 0.4) is 0 Å². The van der Waals surface area contributed by atoms with Crippen molar-refractivity contribution in [3.63, 3.8) is 0 Å². The minimum Gasteiger partial charge on any atom is -0.423 e. The van der Waals surface area contributed by atoms with Crippen LogP contribution in [0.2, 0.25) is 0 Å². The van der Waals surface area contributed by atoms with Crippen LogP contribution < -0.4 is 0 Å². The Hall–Kier alpha value is -3.25. The van der Waals surface area contributed by atoms with Crippen molar-refractivity contribution in [3.05, 3.63) is 76.4 Å². The van der Waals surface area contributed by atoms with Gasteiger partial charge < -0.3 is 14.6 Å². The Morgan fingerprint density at radius 1 is 0.750 bits per heavy atom. The monoisotopic (exact) mass is 322 g/mol. The summed E-state index contributed by atoms with van der Waals surface area (Å²) in [6.45, 7) is 3.64. The van der Waals surface area contributed by atoms with E-state index < -0.39 is 24.0 Å². The third-order valence-corrected chi connectivity index (χ3v) is 4.08. The maximum atomic E-state index is 11.8.